The highest BCUT2D eigenvalue weighted by Gasteiger charge is 2.19. The molecule has 0 radical (unpaired) electrons. The van der Waals surface area contributed by atoms with Crippen molar-refractivity contribution in [1.82, 2.24) is 0 Å². The van der Waals surface area contributed by atoms with E-state index in [0.29, 0.717) is 0 Å². The first-order valence-corrected chi connectivity index (χ1v) is 10.6. The van der Waals surface area contributed by atoms with E-state index >= 15 is 0 Å². The van der Waals surface area contributed by atoms with Crippen LogP contribution in [0.1, 0.15) is 22.3 Å². The molecule has 0 aliphatic carbocycles. The van der Waals surface area contributed by atoms with E-state index in [4.69, 9.17) is 0 Å². The van der Waals surface area contributed by atoms with Crippen molar-refractivity contribution < 1.29 is 0 Å². The van der Waals surface area contributed by atoms with Gasteiger partial charge in [-0.2, -0.15) is 0 Å². The second-order valence-electron chi connectivity index (χ2n) is 8.34. The van der Waals surface area contributed by atoms with Gasteiger partial charge in [-0.1, -0.05) is 84.9 Å². The first kappa shape index (κ1) is 18.6. The Labute approximate surface area is 178 Å². The Bertz CT molecular complexity index is 1420. The minimum absolute atomic E-state index is 1.29. The summed E-state index contributed by atoms with van der Waals surface area (Å²) in [5, 5.41) is 5.28. The van der Waals surface area contributed by atoms with Crippen molar-refractivity contribution in [3.05, 3.63) is 107 Å². The van der Waals surface area contributed by atoms with Crippen molar-refractivity contribution in [2.75, 3.05) is 0 Å². The van der Waals surface area contributed by atoms with Crippen molar-refractivity contribution in [2.45, 2.75) is 27.7 Å². The lowest BCUT2D eigenvalue weighted by Gasteiger charge is -2.22. The molecule has 0 heterocycles. The monoisotopic (exact) mass is 386 g/mol. The third-order valence-electron chi connectivity index (χ3n) is 6.58. The zero-order valence-electron chi connectivity index (χ0n) is 18.1. The number of rotatable bonds is 2. The minimum atomic E-state index is 1.29. The summed E-state index contributed by atoms with van der Waals surface area (Å²) in [6.07, 6.45) is 0. The van der Waals surface area contributed by atoms with Gasteiger partial charge < -0.3 is 0 Å². The molecule has 5 rings (SSSR count). The van der Waals surface area contributed by atoms with Crippen molar-refractivity contribution in [3.63, 3.8) is 0 Å². The zero-order valence-corrected chi connectivity index (χ0v) is 18.1. The molecule has 0 atom stereocenters. The molecule has 146 valence electrons. The molecular formula is C30H26. The van der Waals surface area contributed by atoms with Crippen LogP contribution >= 0.6 is 0 Å². The van der Waals surface area contributed by atoms with Crippen molar-refractivity contribution in [3.8, 4) is 22.3 Å². The molecule has 30 heavy (non-hydrogen) atoms. The van der Waals surface area contributed by atoms with Crippen LogP contribution in [0.25, 0.3) is 43.8 Å². The Morgan fingerprint density at radius 1 is 0.400 bits per heavy atom. The second-order valence-corrected chi connectivity index (χ2v) is 8.34. The van der Waals surface area contributed by atoms with Gasteiger partial charge in [0.15, 0.2) is 0 Å². The van der Waals surface area contributed by atoms with E-state index in [9.17, 15) is 0 Å². The number of benzene rings is 5. The number of hydrogen-bond acceptors (Lipinski definition) is 0. The molecule has 0 unspecified atom stereocenters. The Morgan fingerprint density at radius 3 is 1.70 bits per heavy atom. The molecule has 5 aromatic rings. The van der Waals surface area contributed by atoms with Gasteiger partial charge in [-0.25, -0.2) is 0 Å². The molecule has 0 bridgehead atoms. The summed E-state index contributed by atoms with van der Waals surface area (Å²) in [7, 11) is 0. The maximum Gasteiger partial charge on any atom is -0.00641 e. The summed E-state index contributed by atoms with van der Waals surface area (Å²) < 4.78 is 0. The maximum atomic E-state index is 2.29. The van der Waals surface area contributed by atoms with Crippen LogP contribution in [0.5, 0.6) is 0 Å². The van der Waals surface area contributed by atoms with Crippen LogP contribution in [0.4, 0.5) is 0 Å². The van der Waals surface area contributed by atoms with E-state index in [0.717, 1.165) is 0 Å². The lowest BCUT2D eigenvalue weighted by Crippen LogP contribution is -1.98. The minimum Gasteiger partial charge on any atom is -0.0620 e. The molecule has 0 N–H and O–H groups in total. The summed E-state index contributed by atoms with van der Waals surface area (Å²) in [5.41, 5.74) is 10.8. The summed E-state index contributed by atoms with van der Waals surface area (Å²) in [6.45, 7) is 9.02. The van der Waals surface area contributed by atoms with Crippen molar-refractivity contribution >= 4 is 21.5 Å². The molecule has 0 aliphatic rings. The van der Waals surface area contributed by atoms with Crippen LogP contribution in [-0.2, 0) is 0 Å². The van der Waals surface area contributed by atoms with Crippen molar-refractivity contribution in [1.29, 1.82) is 0 Å². The third kappa shape index (κ3) is 2.75. The molecular weight excluding hydrogens is 360 g/mol. The van der Waals surface area contributed by atoms with Crippen LogP contribution in [0.15, 0.2) is 84.9 Å². The van der Waals surface area contributed by atoms with Gasteiger partial charge in [0.05, 0.1) is 0 Å². The first-order chi connectivity index (χ1) is 14.6. The lowest BCUT2D eigenvalue weighted by atomic mass is 9.81. The average molecular weight is 387 g/mol. The number of aryl methyl sites for hydroxylation is 2. The number of fused-ring (bicyclic) bond motifs is 2. The summed E-state index contributed by atoms with van der Waals surface area (Å²) in [4.78, 5) is 0. The molecule has 5 aromatic carbocycles. The van der Waals surface area contributed by atoms with Gasteiger partial charge in [0.25, 0.3) is 0 Å². The second kappa shape index (κ2) is 7.15. The van der Waals surface area contributed by atoms with Crippen LogP contribution in [-0.4, -0.2) is 0 Å². The van der Waals surface area contributed by atoms with Gasteiger partial charge in [0.1, 0.15) is 0 Å². The van der Waals surface area contributed by atoms with E-state index in [2.05, 4.69) is 113 Å². The Kier molecular flexibility index (Phi) is 4.44. The zero-order chi connectivity index (χ0) is 20.8. The molecule has 0 nitrogen and oxygen atoms in total. The molecule has 0 fully saturated rings. The Morgan fingerprint density at radius 2 is 0.967 bits per heavy atom. The summed E-state index contributed by atoms with van der Waals surface area (Å²) >= 11 is 0. The van der Waals surface area contributed by atoms with Crippen LogP contribution in [0.2, 0.25) is 0 Å². The molecule has 0 spiro atoms. The molecule has 0 aliphatic heterocycles. The molecule has 0 heteroatoms. The maximum absolute atomic E-state index is 2.29. The molecule has 0 aromatic heterocycles. The van der Waals surface area contributed by atoms with Crippen LogP contribution in [0, 0.1) is 27.7 Å². The van der Waals surface area contributed by atoms with Gasteiger partial charge in [-0.05, 0) is 93.7 Å². The van der Waals surface area contributed by atoms with Gasteiger partial charge in [0, 0.05) is 0 Å². The predicted molar refractivity (Wildman–Crippen MR) is 131 cm³/mol. The van der Waals surface area contributed by atoms with Crippen LogP contribution in [0.3, 0.4) is 0 Å². The van der Waals surface area contributed by atoms with Crippen LogP contribution < -0.4 is 0 Å². The first-order valence-electron chi connectivity index (χ1n) is 10.6. The highest BCUT2D eigenvalue weighted by molar-refractivity contribution is 6.12. The molecule has 0 saturated heterocycles. The largest absolute Gasteiger partial charge is 0.0620 e. The smallest absolute Gasteiger partial charge is 0.00641 e. The fourth-order valence-electron chi connectivity index (χ4n) is 4.93. The van der Waals surface area contributed by atoms with Gasteiger partial charge in [0.2, 0.25) is 0 Å². The van der Waals surface area contributed by atoms with Crippen molar-refractivity contribution in [2.24, 2.45) is 0 Å². The van der Waals surface area contributed by atoms with E-state index in [1.807, 2.05) is 0 Å². The lowest BCUT2D eigenvalue weighted by molar-refractivity contribution is 1.34. The van der Waals surface area contributed by atoms with E-state index in [-0.39, 0.29) is 0 Å². The topological polar surface area (TPSA) is 0 Å². The fraction of sp³-hybridized carbons (Fsp3) is 0.133. The summed E-state index contributed by atoms with van der Waals surface area (Å²) in [6, 6.07) is 30.9. The SMILES string of the molecule is Cc1ccccc1-c1c(C)c(C)c(-c2c(C)ccc3ccccc23)c2ccccc12. The predicted octanol–water partition coefficient (Wildman–Crippen LogP) is 8.56. The van der Waals surface area contributed by atoms with E-state index in [1.54, 1.807) is 0 Å². The Hall–Kier alpha value is -3.38. The third-order valence-corrected chi connectivity index (χ3v) is 6.58. The fourth-order valence-corrected chi connectivity index (χ4v) is 4.93. The highest BCUT2D eigenvalue weighted by Crippen LogP contribution is 2.44. The quantitative estimate of drug-likeness (QED) is 0.285. The van der Waals surface area contributed by atoms with Gasteiger partial charge >= 0.3 is 0 Å². The van der Waals surface area contributed by atoms with Gasteiger partial charge in [-0.3, -0.25) is 0 Å². The highest BCUT2D eigenvalue weighted by atomic mass is 14.2. The molecule has 0 saturated carbocycles. The average Bonchev–Trinajstić information content (AvgIpc) is 2.77. The number of hydrogen-bond donors (Lipinski definition) is 0. The standard InChI is InChI=1S/C30H26/c1-19-11-5-7-13-24(19)29-21(3)22(4)30(27-16-10-9-15-26(27)29)28-20(2)17-18-23-12-6-8-14-25(23)28/h5-18H,1-4H3. The summed E-state index contributed by atoms with van der Waals surface area (Å²) in [5.74, 6) is 0. The normalized spacial score (nSPS) is 11.3. The Balaban J connectivity index is 1.97. The van der Waals surface area contributed by atoms with E-state index in [1.165, 1.54) is 66.1 Å². The van der Waals surface area contributed by atoms with Gasteiger partial charge in [-0.15, -0.1) is 0 Å². The molecule has 0 amide bonds. The van der Waals surface area contributed by atoms with E-state index < -0.39 is 0 Å².